The Morgan fingerprint density at radius 1 is 1.03 bits per heavy atom. The van der Waals surface area contributed by atoms with E-state index in [1.54, 1.807) is 24.3 Å². The van der Waals surface area contributed by atoms with Crippen LogP contribution in [0.3, 0.4) is 0 Å². The smallest absolute Gasteiger partial charge is 0.339 e. The molecule has 1 aromatic heterocycles. The highest BCUT2D eigenvalue weighted by atomic mass is 16.5. The van der Waals surface area contributed by atoms with E-state index in [9.17, 15) is 14.4 Å². The van der Waals surface area contributed by atoms with Crippen LogP contribution >= 0.6 is 0 Å². The summed E-state index contributed by atoms with van der Waals surface area (Å²) in [5, 5.41) is 2.77. The van der Waals surface area contributed by atoms with Crippen molar-refractivity contribution in [2.75, 3.05) is 25.5 Å². The number of ether oxygens (including phenoxy) is 1. The molecule has 1 saturated heterocycles. The van der Waals surface area contributed by atoms with E-state index >= 15 is 0 Å². The predicted molar refractivity (Wildman–Crippen MR) is 106 cm³/mol. The second-order valence-electron chi connectivity index (χ2n) is 7.33. The number of para-hydroxylation sites is 1. The molecule has 0 aliphatic carbocycles. The lowest BCUT2D eigenvalue weighted by molar-refractivity contribution is 0.0601. The van der Waals surface area contributed by atoms with Gasteiger partial charge in [-0.3, -0.25) is 9.59 Å². The zero-order chi connectivity index (χ0) is 20.4. The van der Waals surface area contributed by atoms with E-state index in [0.29, 0.717) is 17.9 Å². The standard InChI is InChI=1S/C21H24N4O4/c1-29-21(28)14-8-2-3-9-15(14)22-19(26)18-23-17(16-10-4-5-13-25(16)18)20(27)24-11-6-7-12-24/h2-3,8-9H,4-7,10-13H2,1H3,(H,22,26). The van der Waals surface area contributed by atoms with Gasteiger partial charge in [-0.25, -0.2) is 9.78 Å². The van der Waals surface area contributed by atoms with Crippen LogP contribution in [0.15, 0.2) is 24.3 Å². The van der Waals surface area contributed by atoms with Crippen LogP contribution in [0.1, 0.15) is 62.8 Å². The molecule has 2 aromatic rings. The van der Waals surface area contributed by atoms with Crippen molar-refractivity contribution in [2.24, 2.45) is 0 Å². The number of rotatable bonds is 4. The summed E-state index contributed by atoms with van der Waals surface area (Å²) in [6, 6.07) is 6.66. The van der Waals surface area contributed by atoms with Crippen LogP contribution < -0.4 is 5.32 Å². The van der Waals surface area contributed by atoms with Gasteiger partial charge in [0, 0.05) is 19.6 Å². The second kappa shape index (κ2) is 8.06. The molecule has 29 heavy (non-hydrogen) atoms. The van der Waals surface area contributed by atoms with E-state index in [1.807, 2.05) is 9.47 Å². The number of carbonyl (C=O) groups excluding carboxylic acids is 3. The van der Waals surface area contributed by atoms with Crippen molar-refractivity contribution >= 4 is 23.5 Å². The largest absolute Gasteiger partial charge is 0.465 e. The molecule has 152 valence electrons. The summed E-state index contributed by atoms with van der Waals surface area (Å²) in [4.78, 5) is 44.3. The Balaban J connectivity index is 1.66. The van der Waals surface area contributed by atoms with Gasteiger partial charge in [0.05, 0.1) is 24.1 Å². The first-order valence-corrected chi connectivity index (χ1v) is 9.97. The molecule has 0 saturated carbocycles. The highest BCUT2D eigenvalue weighted by Gasteiger charge is 2.31. The number of methoxy groups -OCH3 is 1. The Kier molecular flexibility index (Phi) is 5.33. The fraction of sp³-hybridized carbons (Fsp3) is 0.429. The number of hydrogen-bond acceptors (Lipinski definition) is 5. The summed E-state index contributed by atoms with van der Waals surface area (Å²) in [5.41, 5.74) is 1.84. The number of anilines is 1. The lowest BCUT2D eigenvalue weighted by Gasteiger charge is -2.19. The Morgan fingerprint density at radius 3 is 2.52 bits per heavy atom. The molecule has 1 fully saturated rings. The molecule has 0 spiro atoms. The minimum absolute atomic E-state index is 0.0952. The molecule has 1 N–H and O–H groups in total. The zero-order valence-corrected chi connectivity index (χ0v) is 16.4. The number of nitrogens with zero attached hydrogens (tertiary/aromatic N) is 3. The topological polar surface area (TPSA) is 93.5 Å². The van der Waals surface area contributed by atoms with Crippen LogP contribution in [0.4, 0.5) is 5.69 Å². The Labute approximate surface area is 168 Å². The minimum atomic E-state index is -0.532. The third-order valence-electron chi connectivity index (χ3n) is 5.50. The number of hydrogen-bond donors (Lipinski definition) is 1. The summed E-state index contributed by atoms with van der Waals surface area (Å²) in [6.07, 6.45) is 4.63. The fourth-order valence-electron chi connectivity index (χ4n) is 4.02. The van der Waals surface area contributed by atoms with Crippen molar-refractivity contribution in [1.29, 1.82) is 0 Å². The molecular formula is C21H24N4O4. The van der Waals surface area contributed by atoms with Gasteiger partial charge < -0.3 is 19.5 Å². The third kappa shape index (κ3) is 3.62. The maximum Gasteiger partial charge on any atom is 0.339 e. The van der Waals surface area contributed by atoms with Crippen molar-refractivity contribution in [3.05, 3.63) is 47.0 Å². The predicted octanol–water partition coefficient (Wildman–Crippen LogP) is 2.49. The summed E-state index contributed by atoms with van der Waals surface area (Å²) in [7, 11) is 1.29. The van der Waals surface area contributed by atoms with Gasteiger partial charge in [-0.2, -0.15) is 0 Å². The highest BCUT2D eigenvalue weighted by molar-refractivity contribution is 6.07. The molecule has 8 heteroatoms. The van der Waals surface area contributed by atoms with E-state index in [4.69, 9.17) is 4.74 Å². The first kappa shape index (κ1) is 19.2. The van der Waals surface area contributed by atoms with E-state index in [1.165, 1.54) is 7.11 Å². The van der Waals surface area contributed by atoms with Crippen molar-refractivity contribution < 1.29 is 19.1 Å². The van der Waals surface area contributed by atoms with Crippen molar-refractivity contribution in [3.8, 4) is 0 Å². The van der Waals surface area contributed by atoms with E-state index in [2.05, 4.69) is 10.3 Å². The van der Waals surface area contributed by atoms with Gasteiger partial charge in [-0.05, 0) is 44.2 Å². The molecule has 3 heterocycles. The lowest BCUT2D eigenvalue weighted by atomic mass is 10.1. The maximum atomic E-state index is 13.0. The second-order valence-corrected chi connectivity index (χ2v) is 7.33. The average molecular weight is 396 g/mol. The molecule has 2 aliphatic rings. The van der Waals surface area contributed by atoms with Gasteiger partial charge in [0.25, 0.3) is 11.8 Å². The van der Waals surface area contributed by atoms with Crippen LogP contribution in [0.25, 0.3) is 0 Å². The summed E-state index contributed by atoms with van der Waals surface area (Å²) in [5.74, 6) is -0.856. The van der Waals surface area contributed by atoms with E-state index < -0.39 is 11.9 Å². The quantitative estimate of drug-likeness (QED) is 0.802. The van der Waals surface area contributed by atoms with Crippen molar-refractivity contribution in [3.63, 3.8) is 0 Å². The maximum absolute atomic E-state index is 13.0. The summed E-state index contributed by atoms with van der Waals surface area (Å²) >= 11 is 0. The number of esters is 1. The summed E-state index contributed by atoms with van der Waals surface area (Å²) in [6.45, 7) is 2.12. The third-order valence-corrected chi connectivity index (χ3v) is 5.50. The van der Waals surface area contributed by atoms with Crippen LogP contribution in [0.5, 0.6) is 0 Å². The van der Waals surface area contributed by atoms with Crippen molar-refractivity contribution in [2.45, 2.75) is 38.6 Å². The Bertz CT molecular complexity index is 960. The number of fused-ring (bicyclic) bond motifs is 1. The Morgan fingerprint density at radius 2 is 1.76 bits per heavy atom. The molecule has 4 rings (SSSR count). The van der Waals surface area contributed by atoms with Gasteiger partial charge in [0.15, 0.2) is 5.82 Å². The number of aromatic nitrogens is 2. The van der Waals surface area contributed by atoms with Gasteiger partial charge >= 0.3 is 5.97 Å². The SMILES string of the molecule is COC(=O)c1ccccc1NC(=O)c1nc(C(=O)N2CCCC2)c2n1CCCC2. The average Bonchev–Trinajstić information content (AvgIpc) is 3.41. The highest BCUT2D eigenvalue weighted by Crippen LogP contribution is 2.25. The van der Waals surface area contributed by atoms with E-state index in [-0.39, 0.29) is 17.3 Å². The number of imidazole rings is 1. The normalized spacial score (nSPS) is 15.7. The van der Waals surface area contributed by atoms with Gasteiger partial charge in [0.2, 0.25) is 0 Å². The first-order valence-electron chi connectivity index (χ1n) is 9.97. The number of amides is 2. The molecule has 0 atom stereocenters. The molecule has 0 unspecified atom stereocenters. The molecule has 1 aromatic carbocycles. The molecule has 0 bridgehead atoms. The molecule has 0 radical (unpaired) electrons. The molecule has 2 amide bonds. The first-order chi connectivity index (χ1) is 14.1. The number of nitrogens with one attached hydrogen (secondary N) is 1. The van der Waals surface area contributed by atoms with Crippen LogP contribution in [-0.2, 0) is 17.7 Å². The van der Waals surface area contributed by atoms with Crippen LogP contribution in [-0.4, -0.2) is 52.4 Å². The van der Waals surface area contributed by atoms with Gasteiger partial charge in [-0.15, -0.1) is 0 Å². The van der Waals surface area contributed by atoms with Gasteiger partial charge in [-0.1, -0.05) is 12.1 Å². The number of benzene rings is 1. The fourth-order valence-corrected chi connectivity index (χ4v) is 4.02. The Hall–Kier alpha value is -3.16. The molecule has 2 aliphatic heterocycles. The summed E-state index contributed by atoms with van der Waals surface area (Å²) < 4.78 is 6.64. The van der Waals surface area contributed by atoms with Crippen LogP contribution in [0, 0.1) is 0 Å². The number of carbonyl (C=O) groups is 3. The lowest BCUT2D eigenvalue weighted by Crippen LogP contribution is -2.29. The zero-order valence-electron chi connectivity index (χ0n) is 16.4. The van der Waals surface area contributed by atoms with Crippen LogP contribution in [0.2, 0.25) is 0 Å². The minimum Gasteiger partial charge on any atom is -0.465 e. The number of likely N-dealkylation sites (tertiary alicyclic amines) is 1. The van der Waals surface area contributed by atoms with Crippen molar-refractivity contribution in [1.82, 2.24) is 14.5 Å². The van der Waals surface area contributed by atoms with E-state index in [0.717, 1.165) is 50.9 Å². The molecule has 8 nitrogen and oxygen atoms in total. The van der Waals surface area contributed by atoms with Gasteiger partial charge in [0.1, 0.15) is 5.69 Å². The molecular weight excluding hydrogens is 372 g/mol. The monoisotopic (exact) mass is 396 g/mol.